The number of aromatic nitrogens is 3. The average Bonchev–Trinajstić information content (AvgIpc) is 2.88. The van der Waals surface area contributed by atoms with Crippen LogP contribution in [0.5, 0.6) is 0 Å². The monoisotopic (exact) mass is 299 g/mol. The van der Waals surface area contributed by atoms with Crippen LogP contribution in [0.4, 0.5) is 0 Å². The number of hydrogen-bond donors (Lipinski definition) is 3. The number of nitrogens with one attached hydrogen (secondary N) is 1. The third kappa shape index (κ3) is 2.68. The van der Waals surface area contributed by atoms with Crippen LogP contribution in [0.1, 0.15) is 11.1 Å². The summed E-state index contributed by atoms with van der Waals surface area (Å²) >= 11 is 1.34. The Hall–Kier alpha value is -2.54. The van der Waals surface area contributed by atoms with Crippen LogP contribution in [0.3, 0.4) is 0 Å². The lowest BCUT2D eigenvalue weighted by molar-refractivity contribution is 0.318. The molecule has 0 atom stereocenters. The van der Waals surface area contributed by atoms with Gasteiger partial charge in [0.1, 0.15) is 5.03 Å². The summed E-state index contributed by atoms with van der Waals surface area (Å²) in [5.74, 6) is 0.0255. The molecule has 3 rings (SSSR count). The topological polar surface area (TPSA) is 100 Å². The molecule has 3 aromatic rings. The Morgan fingerprint density at radius 2 is 2.24 bits per heavy atom. The maximum Gasteiger partial charge on any atom is 0.172 e. The molecule has 0 bridgehead atoms. The number of oxime groups is 1. The van der Waals surface area contributed by atoms with Crippen molar-refractivity contribution in [1.82, 2.24) is 15.0 Å². The fourth-order valence-electron chi connectivity index (χ4n) is 1.96. The maximum atomic E-state index is 8.83. The van der Waals surface area contributed by atoms with Gasteiger partial charge in [-0.05, 0) is 48.5 Å². The number of rotatable bonds is 3. The molecule has 0 radical (unpaired) electrons. The second kappa shape index (κ2) is 5.45. The van der Waals surface area contributed by atoms with Crippen LogP contribution < -0.4 is 5.73 Å². The normalized spacial score (nSPS) is 12.0. The Kier molecular flexibility index (Phi) is 3.49. The van der Waals surface area contributed by atoms with E-state index in [1.807, 2.05) is 25.1 Å². The number of nitrogens with zero attached hydrogens (tertiary/aromatic N) is 3. The van der Waals surface area contributed by atoms with Crippen molar-refractivity contribution >= 4 is 28.6 Å². The van der Waals surface area contributed by atoms with Gasteiger partial charge in [0.2, 0.25) is 0 Å². The zero-order chi connectivity index (χ0) is 14.8. The summed E-state index contributed by atoms with van der Waals surface area (Å²) in [4.78, 5) is 12.0. The first-order valence-corrected chi connectivity index (χ1v) is 7.06. The molecule has 0 amide bonds. The number of nitrogens with two attached hydrogens (primary N) is 1. The molecule has 2 aromatic heterocycles. The molecule has 0 saturated heterocycles. The smallest absolute Gasteiger partial charge is 0.172 e. The highest BCUT2D eigenvalue weighted by atomic mass is 32.2. The van der Waals surface area contributed by atoms with Crippen molar-refractivity contribution in [3.05, 3.63) is 47.7 Å². The van der Waals surface area contributed by atoms with Crippen LogP contribution in [-0.4, -0.2) is 26.0 Å². The Morgan fingerprint density at radius 1 is 1.38 bits per heavy atom. The third-order valence-corrected chi connectivity index (χ3v) is 3.87. The van der Waals surface area contributed by atoms with Gasteiger partial charge in [-0.2, -0.15) is 0 Å². The van der Waals surface area contributed by atoms with Crippen molar-refractivity contribution in [2.45, 2.75) is 17.1 Å². The van der Waals surface area contributed by atoms with Gasteiger partial charge >= 0.3 is 0 Å². The lowest BCUT2D eigenvalue weighted by Crippen LogP contribution is -2.14. The fourth-order valence-corrected chi connectivity index (χ4v) is 2.85. The molecule has 21 heavy (non-hydrogen) atoms. The van der Waals surface area contributed by atoms with Gasteiger partial charge in [-0.25, -0.2) is 9.97 Å². The van der Waals surface area contributed by atoms with Gasteiger partial charge in [-0.15, -0.1) is 0 Å². The van der Waals surface area contributed by atoms with Crippen molar-refractivity contribution in [2.75, 3.05) is 0 Å². The summed E-state index contributed by atoms with van der Waals surface area (Å²) in [6, 6.07) is 9.50. The van der Waals surface area contributed by atoms with E-state index in [0.717, 1.165) is 16.6 Å². The molecule has 6 nitrogen and oxygen atoms in total. The molecule has 0 aliphatic rings. The molecule has 0 aliphatic carbocycles. The number of fused-ring (bicyclic) bond motifs is 1. The van der Waals surface area contributed by atoms with Gasteiger partial charge < -0.3 is 15.9 Å². The lowest BCUT2D eigenvalue weighted by atomic mass is 10.2. The second-order valence-electron chi connectivity index (χ2n) is 4.51. The van der Waals surface area contributed by atoms with Crippen LogP contribution >= 0.6 is 11.8 Å². The summed E-state index contributed by atoms with van der Waals surface area (Å²) in [6.45, 7) is 2.03. The number of aromatic amines is 1. The predicted octanol–water partition coefficient (Wildman–Crippen LogP) is 2.51. The van der Waals surface area contributed by atoms with Gasteiger partial charge in [-0.3, -0.25) is 0 Å². The van der Waals surface area contributed by atoms with E-state index in [4.69, 9.17) is 10.9 Å². The Balaban J connectivity index is 1.99. The summed E-state index contributed by atoms with van der Waals surface area (Å²) in [7, 11) is 0. The van der Waals surface area contributed by atoms with Crippen molar-refractivity contribution in [3.8, 4) is 0 Å². The number of hydrogen-bond acceptors (Lipinski definition) is 5. The number of amidine groups is 1. The number of imidazole rings is 1. The van der Waals surface area contributed by atoms with Gasteiger partial charge in [0.25, 0.3) is 0 Å². The summed E-state index contributed by atoms with van der Waals surface area (Å²) in [5, 5.41) is 13.2. The minimum Gasteiger partial charge on any atom is -0.409 e. The predicted molar refractivity (Wildman–Crippen MR) is 81.7 cm³/mol. The van der Waals surface area contributed by atoms with E-state index < -0.39 is 0 Å². The third-order valence-electron chi connectivity index (χ3n) is 2.96. The van der Waals surface area contributed by atoms with Crippen LogP contribution in [0, 0.1) is 6.92 Å². The van der Waals surface area contributed by atoms with E-state index in [1.54, 1.807) is 18.3 Å². The summed E-state index contributed by atoms with van der Waals surface area (Å²) in [5.41, 5.74) is 9.26. The first kappa shape index (κ1) is 13.4. The van der Waals surface area contributed by atoms with Crippen LogP contribution in [-0.2, 0) is 0 Å². The van der Waals surface area contributed by atoms with Gasteiger partial charge in [0.15, 0.2) is 11.0 Å². The molecule has 0 aliphatic heterocycles. The highest BCUT2D eigenvalue weighted by Gasteiger charge is 2.12. The molecule has 106 valence electrons. The molecular formula is C14H13N5OS. The zero-order valence-corrected chi connectivity index (χ0v) is 12.1. The first-order valence-electron chi connectivity index (χ1n) is 6.24. The van der Waals surface area contributed by atoms with Gasteiger partial charge in [0, 0.05) is 6.20 Å². The number of H-pyrrole nitrogens is 1. The Bertz CT molecular complexity index is 827. The van der Waals surface area contributed by atoms with Crippen LogP contribution in [0.2, 0.25) is 0 Å². The van der Waals surface area contributed by atoms with Crippen LogP contribution in [0.25, 0.3) is 11.0 Å². The van der Waals surface area contributed by atoms with E-state index in [1.165, 1.54) is 11.8 Å². The summed E-state index contributed by atoms with van der Waals surface area (Å²) in [6.07, 6.45) is 1.66. The lowest BCUT2D eigenvalue weighted by Gasteiger charge is -2.04. The van der Waals surface area contributed by atoms with E-state index in [-0.39, 0.29) is 5.84 Å². The van der Waals surface area contributed by atoms with E-state index in [9.17, 15) is 0 Å². The van der Waals surface area contributed by atoms with Crippen molar-refractivity contribution in [2.24, 2.45) is 10.9 Å². The fraction of sp³-hybridized carbons (Fsp3) is 0.0714. The minimum absolute atomic E-state index is 0.0255. The van der Waals surface area contributed by atoms with Gasteiger partial charge in [0.05, 0.1) is 16.6 Å². The first-order chi connectivity index (χ1) is 10.2. The number of aryl methyl sites for hydroxylation is 1. The molecule has 0 unspecified atom stereocenters. The maximum absolute atomic E-state index is 8.83. The molecule has 4 N–H and O–H groups in total. The zero-order valence-electron chi connectivity index (χ0n) is 11.2. The molecule has 2 heterocycles. The molecule has 0 saturated carbocycles. The highest BCUT2D eigenvalue weighted by Crippen LogP contribution is 2.28. The molecule has 0 spiro atoms. The van der Waals surface area contributed by atoms with E-state index in [2.05, 4.69) is 20.1 Å². The van der Waals surface area contributed by atoms with E-state index in [0.29, 0.717) is 15.7 Å². The van der Waals surface area contributed by atoms with Gasteiger partial charge in [-0.1, -0.05) is 11.2 Å². The van der Waals surface area contributed by atoms with Crippen molar-refractivity contribution < 1.29 is 5.21 Å². The number of pyridine rings is 1. The number of benzene rings is 1. The minimum atomic E-state index is 0.0255. The SMILES string of the molecule is Cc1ccc2nc(Sc3ncccc3C(N)=NO)[nH]c2c1. The molecule has 0 fully saturated rings. The molecule has 1 aromatic carbocycles. The Morgan fingerprint density at radius 3 is 3.05 bits per heavy atom. The molecule has 7 heteroatoms. The summed E-state index contributed by atoms with van der Waals surface area (Å²) < 4.78 is 0. The highest BCUT2D eigenvalue weighted by molar-refractivity contribution is 7.99. The quantitative estimate of drug-likeness (QED) is 0.298. The van der Waals surface area contributed by atoms with Crippen molar-refractivity contribution in [3.63, 3.8) is 0 Å². The standard InChI is InChI=1S/C14H13N5OS/c1-8-4-5-10-11(7-8)18-14(17-10)21-13-9(12(15)19-20)3-2-6-16-13/h2-7,20H,1H3,(H2,15,19)(H,17,18). The van der Waals surface area contributed by atoms with Crippen LogP contribution in [0.15, 0.2) is 51.9 Å². The second-order valence-corrected chi connectivity index (χ2v) is 5.48. The van der Waals surface area contributed by atoms with Crippen molar-refractivity contribution in [1.29, 1.82) is 0 Å². The average molecular weight is 299 g/mol. The largest absolute Gasteiger partial charge is 0.409 e. The van der Waals surface area contributed by atoms with E-state index >= 15 is 0 Å². The molecular weight excluding hydrogens is 286 g/mol. The Labute approximate surface area is 125 Å².